The Kier molecular flexibility index (Phi) is 8.66. The van der Waals surface area contributed by atoms with Crippen molar-refractivity contribution in [3.63, 3.8) is 0 Å². The third kappa shape index (κ3) is 9.67. The lowest BCUT2D eigenvalue weighted by Gasteiger charge is -2.18. The number of carboxylic acid groups (broad SMARTS) is 1. The molecule has 0 amide bonds. The van der Waals surface area contributed by atoms with Gasteiger partial charge in [0.1, 0.15) is 9.84 Å². The Balaban J connectivity index is 1.92. The van der Waals surface area contributed by atoms with Gasteiger partial charge in [0.25, 0.3) is 0 Å². The molecule has 0 aromatic heterocycles. The van der Waals surface area contributed by atoms with Crippen molar-refractivity contribution in [3.8, 4) is 0 Å². The van der Waals surface area contributed by atoms with Crippen LogP contribution in [0.15, 0.2) is 12.2 Å². The summed E-state index contributed by atoms with van der Waals surface area (Å²) >= 11 is 0. The molecule has 0 aromatic carbocycles. The van der Waals surface area contributed by atoms with Crippen molar-refractivity contribution in [2.45, 2.75) is 64.2 Å². The van der Waals surface area contributed by atoms with Gasteiger partial charge in [-0.3, -0.25) is 4.79 Å². The van der Waals surface area contributed by atoms with Gasteiger partial charge in [0.2, 0.25) is 0 Å². The monoisotopic (exact) mass is 316 g/mol. The second-order valence-corrected chi connectivity index (χ2v) is 8.27. The summed E-state index contributed by atoms with van der Waals surface area (Å²) in [5.41, 5.74) is 0. The van der Waals surface area contributed by atoms with Gasteiger partial charge < -0.3 is 5.11 Å². The Bertz CT molecular complexity index is 412. The van der Waals surface area contributed by atoms with Gasteiger partial charge in [-0.25, -0.2) is 8.42 Å². The molecule has 0 saturated carbocycles. The molecule has 0 aromatic rings. The molecule has 4 nitrogen and oxygen atoms in total. The summed E-state index contributed by atoms with van der Waals surface area (Å²) in [6.07, 6.45) is 13.8. The first kappa shape index (κ1) is 18.2. The molecule has 1 saturated heterocycles. The van der Waals surface area contributed by atoms with Gasteiger partial charge in [-0.05, 0) is 38.0 Å². The third-order valence-corrected chi connectivity index (χ3v) is 5.73. The van der Waals surface area contributed by atoms with Crippen LogP contribution in [-0.4, -0.2) is 31.0 Å². The number of carbonyl (C=O) groups is 1. The number of sulfone groups is 1. The van der Waals surface area contributed by atoms with E-state index in [1.54, 1.807) is 0 Å². The molecule has 1 N–H and O–H groups in total. The summed E-state index contributed by atoms with van der Waals surface area (Å²) in [6, 6.07) is 0. The summed E-state index contributed by atoms with van der Waals surface area (Å²) < 4.78 is 22.6. The molecule has 0 bridgehead atoms. The maximum atomic E-state index is 11.3. The van der Waals surface area contributed by atoms with E-state index in [0.717, 1.165) is 38.5 Å². The number of allylic oxidation sites excluding steroid dienone is 2. The second kappa shape index (κ2) is 9.98. The molecule has 0 aliphatic carbocycles. The molecule has 1 rings (SSSR count). The van der Waals surface area contributed by atoms with Crippen molar-refractivity contribution in [3.05, 3.63) is 12.2 Å². The van der Waals surface area contributed by atoms with Crippen LogP contribution in [0.5, 0.6) is 0 Å². The van der Waals surface area contributed by atoms with Crippen LogP contribution in [0.4, 0.5) is 0 Å². The van der Waals surface area contributed by atoms with Crippen LogP contribution in [0.25, 0.3) is 0 Å². The molecule has 5 heteroatoms. The van der Waals surface area contributed by atoms with E-state index in [2.05, 4.69) is 12.2 Å². The predicted molar refractivity (Wildman–Crippen MR) is 85.1 cm³/mol. The average molecular weight is 316 g/mol. The zero-order valence-corrected chi connectivity index (χ0v) is 13.6. The maximum absolute atomic E-state index is 11.3. The van der Waals surface area contributed by atoms with E-state index in [1.165, 1.54) is 19.3 Å². The van der Waals surface area contributed by atoms with Crippen LogP contribution in [0.3, 0.4) is 0 Å². The molecule has 0 spiro atoms. The summed E-state index contributed by atoms with van der Waals surface area (Å²) in [4.78, 5) is 10.3. The van der Waals surface area contributed by atoms with Gasteiger partial charge in [-0.15, -0.1) is 0 Å². The third-order valence-electron chi connectivity index (χ3n) is 4.02. The van der Waals surface area contributed by atoms with E-state index < -0.39 is 15.8 Å². The first-order valence-electron chi connectivity index (χ1n) is 8.08. The van der Waals surface area contributed by atoms with E-state index in [4.69, 9.17) is 5.11 Å². The number of aliphatic carboxylic acids is 1. The van der Waals surface area contributed by atoms with E-state index in [-0.39, 0.29) is 0 Å². The topological polar surface area (TPSA) is 71.4 Å². The molecule has 21 heavy (non-hydrogen) atoms. The maximum Gasteiger partial charge on any atom is 0.303 e. The summed E-state index contributed by atoms with van der Waals surface area (Å²) in [7, 11) is -2.74. The molecule has 1 aliphatic heterocycles. The minimum Gasteiger partial charge on any atom is -0.481 e. The molecule has 1 heterocycles. The van der Waals surface area contributed by atoms with Gasteiger partial charge in [0.15, 0.2) is 0 Å². The van der Waals surface area contributed by atoms with Gasteiger partial charge >= 0.3 is 5.97 Å². The van der Waals surface area contributed by atoms with Crippen molar-refractivity contribution in [2.75, 3.05) is 11.5 Å². The van der Waals surface area contributed by atoms with E-state index in [1.807, 2.05) is 0 Å². The van der Waals surface area contributed by atoms with Crippen molar-refractivity contribution < 1.29 is 18.3 Å². The minimum atomic E-state index is -2.74. The van der Waals surface area contributed by atoms with Crippen LogP contribution in [0.2, 0.25) is 0 Å². The molecule has 0 radical (unpaired) electrons. The normalized spacial score (nSPS) is 19.0. The highest BCUT2D eigenvalue weighted by Gasteiger charge is 2.21. The molecule has 0 unspecified atom stereocenters. The molecule has 0 atom stereocenters. The molecule has 1 fully saturated rings. The number of hydrogen-bond donors (Lipinski definition) is 1. The molecule has 122 valence electrons. The lowest BCUT2D eigenvalue weighted by atomic mass is 10.0. The van der Waals surface area contributed by atoms with Crippen LogP contribution in [0, 0.1) is 5.92 Å². The van der Waals surface area contributed by atoms with Crippen molar-refractivity contribution in [1.82, 2.24) is 0 Å². The fourth-order valence-corrected chi connectivity index (χ4v) is 4.16. The number of carboxylic acids is 1. The SMILES string of the molecule is O=C(O)CCCCCCCC/C=C/C1CCS(=O)(=O)CC1. The first-order valence-corrected chi connectivity index (χ1v) is 9.90. The van der Waals surface area contributed by atoms with Crippen molar-refractivity contribution in [2.24, 2.45) is 5.92 Å². The van der Waals surface area contributed by atoms with Gasteiger partial charge in [-0.1, -0.05) is 37.8 Å². The summed E-state index contributed by atoms with van der Waals surface area (Å²) in [6.45, 7) is 0. The smallest absolute Gasteiger partial charge is 0.303 e. The van der Waals surface area contributed by atoms with Crippen LogP contribution in [0.1, 0.15) is 64.2 Å². The van der Waals surface area contributed by atoms with Crippen LogP contribution < -0.4 is 0 Å². The number of unbranched alkanes of at least 4 members (excludes halogenated alkanes) is 6. The molecular weight excluding hydrogens is 288 g/mol. The summed E-state index contributed by atoms with van der Waals surface area (Å²) in [5, 5.41) is 8.51. The van der Waals surface area contributed by atoms with Crippen LogP contribution in [-0.2, 0) is 14.6 Å². The van der Waals surface area contributed by atoms with Crippen molar-refractivity contribution in [1.29, 1.82) is 0 Å². The summed E-state index contributed by atoms with van der Waals surface area (Å²) in [5.74, 6) is 0.441. The lowest BCUT2D eigenvalue weighted by Crippen LogP contribution is -2.22. The minimum absolute atomic E-state index is 0.292. The second-order valence-electron chi connectivity index (χ2n) is 5.97. The highest BCUT2D eigenvalue weighted by molar-refractivity contribution is 7.91. The lowest BCUT2D eigenvalue weighted by molar-refractivity contribution is -0.137. The van der Waals surface area contributed by atoms with E-state index in [9.17, 15) is 13.2 Å². The standard InChI is InChI=1S/C16H28O4S/c17-16(18)10-8-6-4-2-1-3-5-7-9-15-11-13-21(19,20)14-12-15/h7,9,15H,1-6,8,10-14H2,(H,17,18)/b9-7+. The highest BCUT2D eigenvalue weighted by Crippen LogP contribution is 2.20. The quantitative estimate of drug-likeness (QED) is 0.494. The average Bonchev–Trinajstić information content (AvgIpc) is 2.42. The zero-order valence-electron chi connectivity index (χ0n) is 12.8. The van der Waals surface area contributed by atoms with Gasteiger partial charge in [0.05, 0.1) is 11.5 Å². The Hall–Kier alpha value is -0.840. The Morgan fingerprint density at radius 3 is 2.19 bits per heavy atom. The largest absolute Gasteiger partial charge is 0.481 e. The van der Waals surface area contributed by atoms with Crippen LogP contribution >= 0.6 is 0 Å². The van der Waals surface area contributed by atoms with E-state index in [0.29, 0.717) is 23.8 Å². The zero-order chi connectivity index (χ0) is 15.6. The Labute approximate surface area is 128 Å². The number of hydrogen-bond acceptors (Lipinski definition) is 3. The molecule has 1 aliphatic rings. The fraction of sp³-hybridized carbons (Fsp3) is 0.812. The first-order chi connectivity index (χ1) is 9.99. The Morgan fingerprint density at radius 2 is 1.57 bits per heavy atom. The fourth-order valence-electron chi connectivity index (χ4n) is 2.63. The predicted octanol–water partition coefficient (Wildman–Crippen LogP) is 3.57. The Morgan fingerprint density at radius 1 is 1.00 bits per heavy atom. The number of rotatable bonds is 10. The molecular formula is C16H28O4S. The van der Waals surface area contributed by atoms with Gasteiger partial charge in [0, 0.05) is 6.42 Å². The van der Waals surface area contributed by atoms with Crippen molar-refractivity contribution >= 4 is 15.8 Å². The van der Waals surface area contributed by atoms with Gasteiger partial charge in [-0.2, -0.15) is 0 Å². The highest BCUT2D eigenvalue weighted by atomic mass is 32.2. The van der Waals surface area contributed by atoms with E-state index >= 15 is 0 Å².